The predicted octanol–water partition coefficient (Wildman–Crippen LogP) is 2.85. The van der Waals surface area contributed by atoms with Crippen LogP contribution in [0.25, 0.3) is 0 Å². The first kappa shape index (κ1) is 14.5. The van der Waals surface area contributed by atoms with Crippen molar-refractivity contribution >= 4 is 0 Å². The number of likely N-dealkylation sites (N-methyl/N-ethyl adjacent to an activating group) is 1. The van der Waals surface area contributed by atoms with E-state index in [1.165, 1.54) is 11.1 Å². The largest absolute Gasteiger partial charge is 0.481 e. The van der Waals surface area contributed by atoms with Crippen molar-refractivity contribution in [1.29, 1.82) is 0 Å². The first-order chi connectivity index (χ1) is 9.81. The molecule has 0 fully saturated rings. The molecule has 2 aromatic rings. The summed E-state index contributed by atoms with van der Waals surface area (Å²) < 4.78 is 5.09. The monoisotopic (exact) mass is 270 g/mol. The van der Waals surface area contributed by atoms with E-state index in [0.29, 0.717) is 11.9 Å². The van der Waals surface area contributed by atoms with Gasteiger partial charge < -0.3 is 10.1 Å². The summed E-state index contributed by atoms with van der Waals surface area (Å²) in [6.07, 6.45) is 3.90. The Labute approximate surface area is 121 Å². The maximum absolute atomic E-state index is 5.09. The quantitative estimate of drug-likeness (QED) is 0.840. The smallest absolute Gasteiger partial charge is 0.212 e. The van der Waals surface area contributed by atoms with Crippen LogP contribution in [0.3, 0.4) is 0 Å². The zero-order chi connectivity index (χ0) is 14.2. The maximum Gasteiger partial charge on any atom is 0.212 e. The molecule has 1 unspecified atom stereocenters. The van der Waals surface area contributed by atoms with Gasteiger partial charge in [0.2, 0.25) is 5.88 Å². The van der Waals surface area contributed by atoms with E-state index in [4.69, 9.17) is 4.74 Å². The molecule has 0 amide bonds. The second-order valence-corrected chi connectivity index (χ2v) is 4.86. The van der Waals surface area contributed by atoms with Crippen LogP contribution >= 0.6 is 0 Å². The van der Waals surface area contributed by atoms with Crippen molar-refractivity contribution in [2.45, 2.75) is 25.8 Å². The summed E-state index contributed by atoms with van der Waals surface area (Å²) in [4.78, 5) is 4.27. The normalized spacial score (nSPS) is 12.1. The summed E-state index contributed by atoms with van der Waals surface area (Å²) in [5.74, 6) is 0.664. The first-order valence-electron chi connectivity index (χ1n) is 7.08. The van der Waals surface area contributed by atoms with Crippen LogP contribution in [0, 0.1) is 0 Å². The number of nitrogens with zero attached hydrogens (tertiary/aromatic N) is 1. The minimum atomic E-state index is 0.428. The highest BCUT2D eigenvalue weighted by molar-refractivity contribution is 5.20. The number of benzene rings is 1. The standard InChI is InChI=1S/C17H22N2O/c1-3-18-16(11-14-7-5-4-6-8-14)12-15-9-10-17(20-2)19-13-15/h4-10,13,16,18H,3,11-12H2,1-2H3. The molecule has 3 heteroatoms. The van der Waals surface area contributed by atoms with Gasteiger partial charge >= 0.3 is 0 Å². The Morgan fingerprint density at radius 3 is 2.40 bits per heavy atom. The Bertz CT molecular complexity index is 496. The highest BCUT2D eigenvalue weighted by Crippen LogP contribution is 2.11. The minimum Gasteiger partial charge on any atom is -0.481 e. The molecule has 1 atom stereocenters. The van der Waals surface area contributed by atoms with E-state index in [-0.39, 0.29) is 0 Å². The molecular formula is C17H22N2O. The molecule has 0 radical (unpaired) electrons. The number of hydrogen-bond acceptors (Lipinski definition) is 3. The van der Waals surface area contributed by atoms with E-state index in [1.807, 2.05) is 12.3 Å². The Hall–Kier alpha value is -1.87. The van der Waals surface area contributed by atoms with Crippen molar-refractivity contribution in [3.05, 3.63) is 59.8 Å². The number of nitrogens with one attached hydrogen (secondary N) is 1. The van der Waals surface area contributed by atoms with Gasteiger partial charge in [-0.1, -0.05) is 43.3 Å². The summed E-state index contributed by atoms with van der Waals surface area (Å²) in [5.41, 5.74) is 2.59. The summed E-state index contributed by atoms with van der Waals surface area (Å²) in [6, 6.07) is 15.0. The molecule has 0 aliphatic heterocycles. The molecular weight excluding hydrogens is 248 g/mol. The van der Waals surface area contributed by atoms with Crippen LogP contribution in [0.15, 0.2) is 48.7 Å². The van der Waals surface area contributed by atoms with Crippen molar-refractivity contribution in [3.63, 3.8) is 0 Å². The van der Waals surface area contributed by atoms with E-state index in [0.717, 1.165) is 19.4 Å². The predicted molar refractivity (Wildman–Crippen MR) is 82.1 cm³/mol. The zero-order valence-electron chi connectivity index (χ0n) is 12.2. The van der Waals surface area contributed by atoms with Crippen molar-refractivity contribution in [2.75, 3.05) is 13.7 Å². The molecule has 1 aromatic heterocycles. The Balaban J connectivity index is 2.00. The van der Waals surface area contributed by atoms with Crippen LogP contribution in [0.2, 0.25) is 0 Å². The fourth-order valence-electron chi connectivity index (χ4n) is 2.34. The second kappa shape index (κ2) is 7.65. The molecule has 0 bridgehead atoms. The van der Waals surface area contributed by atoms with E-state index >= 15 is 0 Å². The van der Waals surface area contributed by atoms with Crippen LogP contribution in [-0.2, 0) is 12.8 Å². The van der Waals surface area contributed by atoms with Crippen molar-refractivity contribution in [1.82, 2.24) is 10.3 Å². The fraction of sp³-hybridized carbons (Fsp3) is 0.353. The van der Waals surface area contributed by atoms with Crippen molar-refractivity contribution < 1.29 is 4.74 Å². The third-order valence-corrected chi connectivity index (χ3v) is 3.31. The summed E-state index contributed by atoms with van der Waals surface area (Å²) in [6.45, 7) is 3.12. The number of hydrogen-bond donors (Lipinski definition) is 1. The minimum absolute atomic E-state index is 0.428. The van der Waals surface area contributed by atoms with Crippen LogP contribution in [0.1, 0.15) is 18.1 Å². The molecule has 0 aliphatic carbocycles. The molecule has 0 aliphatic rings. The lowest BCUT2D eigenvalue weighted by atomic mass is 10.00. The van der Waals surface area contributed by atoms with E-state index in [2.05, 4.69) is 53.6 Å². The second-order valence-electron chi connectivity index (χ2n) is 4.86. The van der Waals surface area contributed by atoms with E-state index in [1.54, 1.807) is 7.11 Å². The summed E-state index contributed by atoms with van der Waals surface area (Å²) in [5, 5.41) is 3.55. The molecule has 0 saturated heterocycles. The van der Waals surface area contributed by atoms with E-state index < -0.39 is 0 Å². The van der Waals surface area contributed by atoms with Crippen molar-refractivity contribution in [2.24, 2.45) is 0 Å². The van der Waals surface area contributed by atoms with Gasteiger partial charge in [0.25, 0.3) is 0 Å². The molecule has 1 heterocycles. The molecule has 2 rings (SSSR count). The number of ether oxygens (including phenoxy) is 1. The summed E-state index contributed by atoms with van der Waals surface area (Å²) >= 11 is 0. The van der Waals surface area contributed by atoms with Crippen LogP contribution < -0.4 is 10.1 Å². The summed E-state index contributed by atoms with van der Waals surface area (Å²) in [7, 11) is 1.64. The number of rotatable bonds is 7. The average Bonchev–Trinajstić information content (AvgIpc) is 2.49. The number of aromatic nitrogens is 1. The Morgan fingerprint density at radius 1 is 1.05 bits per heavy atom. The number of pyridine rings is 1. The highest BCUT2D eigenvalue weighted by Gasteiger charge is 2.09. The molecule has 106 valence electrons. The van der Waals surface area contributed by atoms with E-state index in [9.17, 15) is 0 Å². The molecule has 1 N–H and O–H groups in total. The Kier molecular flexibility index (Phi) is 5.56. The molecule has 1 aromatic carbocycles. The van der Waals surface area contributed by atoms with Gasteiger partial charge in [-0.15, -0.1) is 0 Å². The SMILES string of the molecule is CCNC(Cc1ccccc1)Cc1ccc(OC)nc1. The highest BCUT2D eigenvalue weighted by atomic mass is 16.5. The fourth-order valence-corrected chi connectivity index (χ4v) is 2.34. The lowest BCUT2D eigenvalue weighted by Crippen LogP contribution is -2.33. The van der Waals surface area contributed by atoms with Crippen LogP contribution in [0.4, 0.5) is 0 Å². The van der Waals surface area contributed by atoms with Gasteiger partial charge in [0.05, 0.1) is 7.11 Å². The lowest BCUT2D eigenvalue weighted by Gasteiger charge is -2.18. The van der Waals surface area contributed by atoms with Gasteiger partial charge in [-0.05, 0) is 30.5 Å². The van der Waals surface area contributed by atoms with Gasteiger partial charge in [-0.3, -0.25) is 0 Å². The van der Waals surface area contributed by atoms with Crippen molar-refractivity contribution in [3.8, 4) is 5.88 Å². The topological polar surface area (TPSA) is 34.1 Å². The Morgan fingerprint density at radius 2 is 1.80 bits per heavy atom. The van der Waals surface area contributed by atoms with Gasteiger partial charge in [0, 0.05) is 18.3 Å². The van der Waals surface area contributed by atoms with Gasteiger partial charge in [0.15, 0.2) is 0 Å². The van der Waals surface area contributed by atoms with Gasteiger partial charge in [0.1, 0.15) is 0 Å². The third kappa shape index (κ3) is 4.35. The number of methoxy groups -OCH3 is 1. The first-order valence-corrected chi connectivity index (χ1v) is 7.08. The molecule has 20 heavy (non-hydrogen) atoms. The molecule has 0 spiro atoms. The maximum atomic E-state index is 5.09. The molecule has 3 nitrogen and oxygen atoms in total. The van der Waals surface area contributed by atoms with Gasteiger partial charge in [-0.2, -0.15) is 0 Å². The zero-order valence-corrected chi connectivity index (χ0v) is 12.2. The third-order valence-electron chi connectivity index (χ3n) is 3.31. The molecule has 0 saturated carbocycles. The van der Waals surface area contributed by atoms with Crippen LogP contribution in [0.5, 0.6) is 5.88 Å². The lowest BCUT2D eigenvalue weighted by molar-refractivity contribution is 0.397. The van der Waals surface area contributed by atoms with Crippen LogP contribution in [-0.4, -0.2) is 24.7 Å². The average molecular weight is 270 g/mol. The van der Waals surface area contributed by atoms with Gasteiger partial charge in [-0.25, -0.2) is 4.98 Å².